The van der Waals surface area contributed by atoms with E-state index in [-0.39, 0.29) is 17.9 Å². The summed E-state index contributed by atoms with van der Waals surface area (Å²) in [5, 5.41) is 9.70. The van der Waals surface area contributed by atoms with Crippen LogP contribution in [0.5, 0.6) is 0 Å². The lowest BCUT2D eigenvalue weighted by atomic mass is 9.92. The van der Waals surface area contributed by atoms with Gasteiger partial charge in [0.2, 0.25) is 5.91 Å². The number of aromatic amines is 1. The van der Waals surface area contributed by atoms with Crippen molar-refractivity contribution < 1.29 is 14.4 Å². The number of carbonyl (C=O) groups is 3. The third-order valence-corrected chi connectivity index (χ3v) is 8.17. The summed E-state index contributed by atoms with van der Waals surface area (Å²) in [6, 6.07) is 22.3. The van der Waals surface area contributed by atoms with Gasteiger partial charge in [-0.3, -0.25) is 9.59 Å². The molecule has 230 valence electrons. The molecule has 0 radical (unpaired) electrons. The molecule has 10 nitrogen and oxygen atoms in total. The Hall–Kier alpha value is -4.83. The molecule has 1 aromatic heterocycles. The number of nitrogens with zero attached hydrogens (tertiary/aromatic N) is 3. The normalized spacial score (nSPS) is 14.8. The van der Waals surface area contributed by atoms with Gasteiger partial charge in [0.25, 0.3) is 5.91 Å². The van der Waals surface area contributed by atoms with Crippen molar-refractivity contribution >= 4 is 40.1 Å². The van der Waals surface area contributed by atoms with E-state index in [0.717, 1.165) is 27.7 Å². The molecule has 3 aromatic carbocycles. The fraction of sp³-hybridized carbons (Fsp3) is 0.324. The molecule has 0 spiro atoms. The molecule has 0 bridgehead atoms. The lowest BCUT2D eigenvalue weighted by molar-refractivity contribution is -0.118. The smallest absolute Gasteiger partial charge is 0.318 e. The Morgan fingerprint density at radius 2 is 1.64 bits per heavy atom. The van der Waals surface area contributed by atoms with Crippen molar-refractivity contribution in [3.05, 3.63) is 95.7 Å². The third kappa shape index (κ3) is 6.86. The molecule has 2 heterocycles. The minimum atomic E-state index is -0.913. The second kappa shape index (κ2) is 13.6. The molecule has 2 unspecified atom stereocenters. The molecule has 4 N–H and O–H groups in total. The zero-order valence-electron chi connectivity index (χ0n) is 25.8. The van der Waals surface area contributed by atoms with E-state index >= 15 is 0 Å². The van der Waals surface area contributed by atoms with E-state index in [1.165, 1.54) is 0 Å². The van der Waals surface area contributed by atoms with Gasteiger partial charge in [-0.2, -0.15) is 0 Å². The van der Waals surface area contributed by atoms with E-state index in [9.17, 15) is 14.4 Å². The molecule has 0 aliphatic carbocycles. The van der Waals surface area contributed by atoms with Crippen LogP contribution in [0.3, 0.4) is 0 Å². The summed E-state index contributed by atoms with van der Waals surface area (Å²) in [7, 11) is 5.47. The molecular formula is C34H41N7O3. The highest BCUT2D eigenvalue weighted by atomic mass is 16.2. The highest BCUT2D eigenvalue weighted by molar-refractivity contribution is 6.06. The first-order chi connectivity index (χ1) is 21.2. The van der Waals surface area contributed by atoms with Gasteiger partial charge in [0, 0.05) is 68.5 Å². The van der Waals surface area contributed by atoms with Crippen LogP contribution in [-0.4, -0.2) is 86.0 Å². The van der Waals surface area contributed by atoms with E-state index < -0.39 is 11.9 Å². The van der Waals surface area contributed by atoms with Crippen molar-refractivity contribution in [3.8, 4) is 0 Å². The van der Waals surface area contributed by atoms with E-state index in [4.69, 9.17) is 0 Å². The second-order valence-electron chi connectivity index (χ2n) is 11.5. The van der Waals surface area contributed by atoms with Gasteiger partial charge in [0.15, 0.2) is 0 Å². The number of rotatable bonds is 9. The first-order valence-electron chi connectivity index (χ1n) is 15.0. The van der Waals surface area contributed by atoms with Gasteiger partial charge < -0.3 is 35.6 Å². The van der Waals surface area contributed by atoms with Crippen molar-refractivity contribution in [3.63, 3.8) is 0 Å². The number of hydrogen-bond donors (Lipinski definition) is 4. The van der Waals surface area contributed by atoms with Crippen LogP contribution in [0.2, 0.25) is 0 Å². The van der Waals surface area contributed by atoms with Crippen LogP contribution in [0.15, 0.2) is 79.0 Å². The van der Waals surface area contributed by atoms with Gasteiger partial charge in [-0.25, -0.2) is 4.79 Å². The van der Waals surface area contributed by atoms with Gasteiger partial charge in [-0.15, -0.1) is 0 Å². The van der Waals surface area contributed by atoms with Crippen LogP contribution < -0.4 is 20.9 Å². The highest BCUT2D eigenvalue weighted by Gasteiger charge is 2.33. The van der Waals surface area contributed by atoms with Crippen molar-refractivity contribution in [2.75, 3.05) is 57.5 Å². The predicted octanol–water partition coefficient (Wildman–Crippen LogP) is 4.23. The summed E-state index contributed by atoms with van der Waals surface area (Å²) in [4.78, 5) is 49.9. The summed E-state index contributed by atoms with van der Waals surface area (Å²) < 4.78 is 0. The maximum Gasteiger partial charge on any atom is 0.318 e. The Labute approximate surface area is 258 Å². The first kappa shape index (κ1) is 30.6. The van der Waals surface area contributed by atoms with E-state index in [0.29, 0.717) is 44.0 Å². The zero-order valence-corrected chi connectivity index (χ0v) is 25.8. The number of aromatic nitrogens is 1. The van der Waals surface area contributed by atoms with Gasteiger partial charge in [0.1, 0.15) is 6.04 Å². The van der Waals surface area contributed by atoms with Crippen molar-refractivity contribution in [2.24, 2.45) is 0 Å². The predicted molar refractivity (Wildman–Crippen MR) is 175 cm³/mol. The molecule has 44 heavy (non-hydrogen) atoms. The third-order valence-electron chi connectivity index (χ3n) is 8.17. The van der Waals surface area contributed by atoms with Crippen LogP contribution in [0.1, 0.15) is 34.3 Å². The number of hydrogen-bond acceptors (Lipinski definition) is 5. The Bertz CT molecular complexity index is 1610. The molecular weight excluding hydrogens is 554 g/mol. The maximum absolute atomic E-state index is 14.1. The van der Waals surface area contributed by atoms with Crippen LogP contribution >= 0.6 is 0 Å². The van der Waals surface area contributed by atoms with Crippen molar-refractivity contribution in [1.82, 2.24) is 25.4 Å². The minimum Gasteiger partial charge on any atom is -0.368 e. The Morgan fingerprint density at radius 3 is 2.34 bits per heavy atom. The van der Waals surface area contributed by atoms with Gasteiger partial charge in [-0.05, 0) is 55.6 Å². The molecule has 1 aliphatic rings. The number of benzene rings is 3. The van der Waals surface area contributed by atoms with Crippen molar-refractivity contribution in [2.45, 2.75) is 25.4 Å². The quantitative estimate of drug-likeness (QED) is 0.231. The van der Waals surface area contributed by atoms with Crippen LogP contribution in [0.25, 0.3) is 10.9 Å². The monoisotopic (exact) mass is 595 g/mol. The molecule has 10 heteroatoms. The zero-order chi connectivity index (χ0) is 31.2. The summed E-state index contributed by atoms with van der Waals surface area (Å²) in [6.45, 7) is 5.03. The molecule has 1 aliphatic heterocycles. The van der Waals surface area contributed by atoms with Gasteiger partial charge >= 0.3 is 6.03 Å². The molecule has 5 rings (SSSR count). The average molecular weight is 596 g/mol. The number of carbonyl (C=O) groups excluding carboxylic acids is 3. The molecule has 4 aromatic rings. The lowest BCUT2D eigenvalue weighted by Crippen LogP contribution is -2.56. The second-order valence-corrected chi connectivity index (χ2v) is 11.5. The maximum atomic E-state index is 14.1. The minimum absolute atomic E-state index is 0.294. The number of amides is 4. The van der Waals surface area contributed by atoms with Crippen LogP contribution in [0, 0.1) is 0 Å². The Balaban J connectivity index is 1.40. The summed E-state index contributed by atoms with van der Waals surface area (Å²) in [5.74, 6) is -1.08. The standard InChI is InChI=1S/C34H41N7O3/c1-23(28-21-36-29-13-9-8-12-26(28)29)31(38-34(44)41-18-16-40(17-19-41)25-10-6-5-7-11-25)33(43)37-30-20-24(22-39(3)4)14-15-27(30)32(42)35-2/h5-15,20-21,23,31,36H,16-19,22H2,1-4H3,(H,35,42)(H,37,43)(H,38,44). The SMILES string of the molecule is CNC(=O)c1ccc(CN(C)C)cc1NC(=O)C(NC(=O)N1CCN(c2ccccc2)CC1)C(C)c1c[nH]c2ccccc12. The molecule has 1 saturated heterocycles. The van der Waals surface area contributed by atoms with Gasteiger partial charge in [0.05, 0.1) is 11.3 Å². The number of nitrogens with one attached hydrogen (secondary N) is 4. The van der Waals surface area contributed by atoms with E-state index in [2.05, 4.69) is 38.0 Å². The summed E-state index contributed by atoms with van der Waals surface area (Å²) >= 11 is 0. The van der Waals surface area contributed by atoms with E-state index in [1.807, 2.05) is 86.7 Å². The lowest BCUT2D eigenvalue weighted by Gasteiger charge is -2.37. The number of urea groups is 1. The molecule has 1 fully saturated rings. The largest absolute Gasteiger partial charge is 0.368 e. The van der Waals surface area contributed by atoms with Crippen LogP contribution in [0.4, 0.5) is 16.2 Å². The molecule has 0 saturated carbocycles. The van der Waals surface area contributed by atoms with Crippen molar-refractivity contribution in [1.29, 1.82) is 0 Å². The highest BCUT2D eigenvalue weighted by Crippen LogP contribution is 2.29. The number of para-hydroxylation sites is 2. The average Bonchev–Trinajstić information content (AvgIpc) is 3.47. The summed E-state index contributed by atoms with van der Waals surface area (Å²) in [6.07, 6.45) is 1.90. The van der Waals surface area contributed by atoms with Gasteiger partial charge in [-0.1, -0.05) is 49.4 Å². The number of anilines is 2. The van der Waals surface area contributed by atoms with Crippen LogP contribution in [-0.2, 0) is 11.3 Å². The fourth-order valence-electron chi connectivity index (χ4n) is 5.80. The number of fused-ring (bicyclic) bond motifs is 1. The first-order valence-corrected chi connectivity index (χ1v) is 15.0. The number of H-pyrrole nitrogens is 1. The molecule has 2 atom stereocenters. The Morgan fingerprint density at radius 1 is 0.932 bits per heavy atom. The number of piperazine rings is 1. The Kier molecular flexibility index (Phi) is 9.50. The molecule has 4 amide bonds. The van der Waals surface area contributed by atoms with E-state index in [1.54, 1.807) is 18.0 Å². The topological polar surface area (TPSA) is 113 Å². The fourth-order valence-corrected chi connectivity index (χ4v) is 5.80. The summed E-state index contributed by atoms with van der Waals surface area (Å²) in [5.41, 5.74) is 4.69.